The summed E-state index contributed by atoms with van der Waals surface area (Å²) in [5, 5.41) is 3.12. The van der Waals surface area contributed by atoms with Crippen molar-refractivity contribution in [2.24, 2.45) is 10.9 Å². The number of amidine groups is 1. The first-order valence-corrected chi connectivity index (χ1v) is 6.46. The second-order valence-corrected chi connectivity index (χ2v) is 5.27. The van der Waals surface area contributed by atoms with Crippen LogP contribution in [0.1, 0.15) is 13.8 Å². The van der Waals surface area contributed by atoms with E-state index in [-0.39, 0.29) is 0 Å². The van der Waals surface area contributed by atoms with Crippen LogP contribution in [0, 0.1) is 5.92 Å². The van der Waals surface area contributed by atoms with Gasteiger partial charge in [0.1, 0.15) is 5.84 Å². The monoisotopic (exact) mass is 283 g/mol. The summed E-state index contributed by atoms with van der Waals surface area (Å²) in [6, 6.07) is 5.56. The normalized spacial score (nSPS) is 21.2. The van der Waals surface area contributed by atoms with Crippen molar-refractivity contribution < 1.29 is 0 Å². The molecule has 1 aromatic rings. The predicted molar refractivity (Wildman–Crippen MR) is 78.4 cm³/mol. The summed E-state index contributed by atoms with van der Waals surface area (Å²) in [5.74, 6) is 1.25. The van der Waals surface area contributed by atoms with Gasteiger partial charge in [-0.05, 0) is 25.1 Å². The lowest BCUT2D eigenvalue weighted by atomic mass is 10.2. The largest absolute Gasteiger partial charge is 0.286 e. The molecule has 0 amide bonds. The highest BCUT2D eigenvalue weighted by atomic mass is 35.5. The van der Waals surface area contributed by atoms with E-state index in [4.69, 9.17) is 23.2 Å². The van der Waals surface area contributed by atoms with Gasteiger partial charge in [-0.2, -0.15) is 0 Å². The van der Waals surface area contributed by atoms with E-state index in [1.165, 1.54) is 0 Å². The van der Waals surface area contributed by atoms with E-state index in [9.17, 15) is 0 Å². The average molecular weight is 284 g/mol. The number of halogens is 2. The minimum absolute atomic E-state index is 0.330. The molecule has 2 rings (SSSR count). The maximum Gasteiger partial charge on any atom is 0.125 e. The molecule has 0 aliphatic carbocycles. The molecule has 1 aliphatic heterocycles. The first-order valence-electron chi connectivity index (χ1n) is 5.70. The van der Waals surface area contributed by atoms with Gasteiger partial charge in [0, 0.05) is 18.2 Å². The fourth-order valence-corrected chi connectivity index (χ4v) is 2.11. The van der Waals surface area contributed by atoms with Crippen LogP contribution in [-0.4, -0.2) is 12.4 Å². The molecule has 1 saturated heterocycles. The molecule has 1 heterocycles. The lowest BCUT2D eigenvalue weighted by Gasteiger charge is -2.18. The number of nitrogens with one attached hydrogen (secondary N) is 1. The van der Waals surface area contributed by atoms with Crippen molar-refractivity contribution in [3.05, 3.63) is 40.5 Å². The molecule has 0 spiro atoms. The third-order valence-corrected chi connectivity index (χ3v) is 3.44. The molecular formula is C13H15Cl2N3. The molecule has 1 atom stereocenters. The smallest absolute Gasteiger partial charge is 0.125 e. The summed E-state index contributed by atoms with van der Waals surface area (Å²) in [6.07, 6.45) is 0. The van der Waals surface area contributed by atoms with Crippen LogP contribution in [0.25, 0.3) is 0 Å². The number of rotatable bonds is 2. The summed E-state index contributed by atoms with van der Waals surface area (Å²) in [7, 11) is 0. The third kappa shape index (κ3) is 2.79. The van der Waals surface area contributed by atoms with Crippen molar-refractivity contribution in [2.45, 2.75) is 13.8 Å². The van der Waals surface area contributed by atoms with Crippen LogP contribution in [-0.2, 0) is 0 Å². The van der Waals surface area contributed by atoms with E-state index < -0.39 is 0 Å². The van der Waals surface area contributed by atoms with Crippen LogP contribution < -0.4 is 10.4 Å². The molecule has 96 valence electrons. The SMILES string of the molecule is C=C(C)N=C1NN(c2ccc(Cl)c(Cl)c2)C[C@@H]1C. The van der Waals surface area contributed by atoms with Crippen molar-refractivity contribution in [2.75, 3.05) is 11.6 Å². The first-order chi connectivity index (χ1) is 8.47. The number of aliphatic imine (C=N–C) groups is 1. The van der Waals surface area contributed by atoms with Gasteiger partial charge in [-0.3, -0.25) is 10.4 Å². The van der Waals surface area contributed by atoms with Crippen molar-refractivity contribution in [1.82, 2.24) is 5.43 Å². The number of hydrogen-bond donors (Lipinski definition) is 1. The Morgan fingerprint density at radius 3 is 2.78 bits per heavy atom. The van der Waals surface area contributed by atoms with Crippen molar-refractivity contribution in [1.29, 1.82) is 0 Å². The second-order valence-electron chi connectivity index (χ2n) is 4.45. The maximum atomic E-state index is 6.02. The minimum atomic E-state index is 0.330. The van der Waals surface area contributed by atoms with Crippen molar-refractivity contribution >= 4 is 34.7 Å². The molecule has 1 aliphatic rings. The highest BCUT2D eigenvalue weighted by Gasteiger charge is 2.25. The van der Waals surface area contributed by atoms with Gasteiger partial charge in [-0.25, -0.2) is 4.99 Å². The molecule has 0 unspecified atom stereocenters. The van der Waals surface area contributed by atoms with Crippen molar-refractivity contribution in [3.63, 3.8) is 0 Å². The highest BCUT2D eigenvalue weighted by molar-refractivity contribution is 6.42. The van der Waals surface area contributed by atoms with E-state index in [1.807, 2.05) is 24.1 Å². The molecule has 18 heavy (non-hydrogen) atoms. The van der Waals surface area contributed by atoms with Gasteiger partial charge in [0.2, 0.25) is 0 Å². The zero-order chi connectivity index (χ0) is 13.3. The van der Waals surface area contributed by atoms with E-state index >= 15 is 0 Å². The van der Waals surface area contributed by atoms with Crippen LogP contribution in [0.2, 0.25) is 10.0 Å². The van der Waals surface area contributed by atoms with E-state index in [2.05, 4.69) is 23.9 Å². The van der Waals surface area contributed by atoms with Crippen LogP contribution in [0.3, 0.4) is 0 Å². The molecule has 0 saturated carbocycles. The van der Waals surface area contributed by atoms with E-state index in [0.29, 0.717) is 16.0 Å². The molecule has 5 heteroatoms. The number of nitrogens with zero attached hydrogens (tertiary/aromatic N) is 2. The fourth-order valence-electron chi connectivity index (χ4n) is 1.82. The van der Waals surface area contributed by atoms with Gasteiger partial charge in [-0.1, -0.05) is 36.7 Å². The fraction of sp³-hybridized carbons (Fsp3) is 0.308. The topological polar surface area (TPSA) is 27.6 Å². The molecule has 1 aromatic carbocycles. The van der Waals surface area contributed by atoms with Gasteiger partial charge in [-0.15, -0.1) is 0 Å². The van der Waals surface area contributed by atoms with Crippen LogP contribution in [0.4, 0.5) is 5.69 Å². The minimum Gasteiger partial charge on any atom is -0.286 e. The van der Waals surface area contributed by atoms with Crippen LogP contribution in [0.15, 0.2) is 35.5 Å². The Hall–Kier alpha value is -1.19. The van der Waals surface area contributed by atoms with Gasteiger partial charge < -0.3 is 0 Å². The molecule has 1 fully saturated rings. The third-order valence-electron chi connectivity index (χ3n) is 2.70. The molecule has 3 nitrogen and oxygen atoms in total. The molecule has 0 aromatic heterocycles. The number of benzene rings is 1. The average Bonchev–Trinajstić information content (AvgIpc) is 2.63. The van der Waals surface area contributed by atoms with Crippen LogP contribution in [0.5, 0.6) is 0 Å². The summed E-state index contributed by atoms with van der Waals surface area (Å²) in [4.78, 5) is 4.38. The summed E-state index contributed by atoms with van der Waals surface area (Å²) in [6.45, 7) is 8.62. The summed E-state index contributed by atoms with van der Waals surface area (Å²) < 4.78 is 0. The number of hydrogen-bond acceptors (Lipinski definition) is 2. The molecule has 0 bridgehead atoms. The summed E-state index contributed by atoms with van der Waals surface area (Å²) in [5.41, 5.74) is 5.02. The summed E-state index contributed by atoms with van der Waals surface area (Å²) >= 11 is 11.9. The van der Waals surface area contributed by atoms with Gasteiger partial charge in [0.05, 0.1) is 15.7 Å². The quantitative estimate of drug-likeness (QED) is 0.892. The van der Waals surface area contributed by atoms with Gasteiger partial charge >= 0.3 is 0 Å². The van der Waals surface area contributed by atoms with Gasteiger partial charge in [0.25, 0.3) is 0 Å². The molecule has 0 radical (unpaired) electrons. The first kappa shape index (κ1) is 13.2. The van der Waals surface area contributed by atoms with E-state index in [1.54, 1.807) is 6.07 Å². The lowest BCUT2D eigenvalue weighted by Crippen LogP contribution is -2.33. The maximum absolute atomic E-state index is 6.02. The number of allylic oxidation sites excluding steroid dienone is 1. The Morgan fingerprint density at radius 2 is 2.17 bits per heavy atom. The number of anilines is 1. The second kappa shape index (κ2) is 5.21. The van der Waals surface area contributed by atoms with E-state index in [0.717, 1.165) is 23.8 Å². The molecule has 1 N–H and O–H groups in total. The lowest BCUT2D eigenvalue weighted by molar-refractivity contribution is 0.773. The standard InChI is InChI=1S/C13H15Cl2N3/c1-8(2)16-13-9(3)7-18(17-13)10-4-5-11(14)12(15)6-10/h4-6,9H,1,7H2,2-3H3,(H,16,17)/t9-/m0/s1. The number of hydrazine groups is 1. The van der Waals surface area contributed by atoms with Crippen LogP contribution >= 0.6 is 23.2 Å². The Bertz CT molecular complexity index is 511. The Kier molecular flexibility index (Phi) is 3.83. The Morgan fingerprint density at radius 1 is 1.44 bits per heavy atom. The Balaban J connectivity index is 2.21. The Labute approximate surface area is 117 Å². The zero-order valence-electron chi connectivity index (χ0n) is 10.4. The molecular weight excluding hydrogens is 269 g/mol. The van der Waals surface area contributed by atoms with Crippen molar-refractivity contribution in [3.8, 4) is 0 Å². The zero-order valence-corrected chi connectivity index (χ0v) is 11.9. The predicted octanol–water partition coefficient (Wildman–Crippen LogP) is 3.89. The highest BCUT2D eigenvalue weighted by Crippen LogP contribution is 2.28. The van der Waals surface area contributed by atoms with Gasteiger partial charge in [0.15, 0.2) is 0 Å².